The monoisotopic (exact) mass is 361 g/mol. The number of likely N-dealkylation sites (tertiary alicyclic amines) is 2. The summed E-state index contributed by atoms with van der Waals surface area (Å²) in [5.74, 6) is 0.170. The predicted molar refractivity (Wildman–Crippen MR) is 95.2 cm³/mol. The van der Waals surface area contributed by atoms with Crippen LogP contribution in [0.15, 0.2) is 6.07 Å². The lowest BCUT2D eigenvalue weighted by Crippen LogP contribution is -2.63. The molecule has 1 atom stereocenters. The summed E-state index contributed by atoms with van der Waals surface area (Å²) in [6.45, 7) is 1.33. The lowest BCUT2D eigenvalue weighted by Gasteiger charge is -2.48. The van der Waals surface area contributed by atoms with Gasteiger partial charge in [-0.2, -0.15) is 5.10 Å². The highest BCUT2D eigenvalue weighted by molar-refractivity contribution is 5.99. The fourth-order valence-corrected chi connectivity index (χ4v) is 4.98. The Morgan fingerprint density at radius 1 is 1.23 bits per heavy atom. The van der Waals surface area contributed by atoms with Gasteiger partial charge in [0, 0.05) is 25.2 Å². The van der Waals surface area contributed by atoms with E-state index in [0.29, 0.717) is 25.1 Å². The average Bonchev–Trinajstić information content (AvgIpc) is 3.25. The summed E-state index contributed by atoms with van der Waals surface area (Å²) >= 11 is 0. The standard InChI is InChI=1S/C18H27N5O3/c19-15-11-14(20-21-15)16(25)23-10-2-8-18(23)7-1-9-22(17(18)26)12-3-5-13(24)6-4-12/h11-13,24H,1-10H2,(H3,19,20,21). The number of hydrogen-bond acceptors (Lipinski definition) is 5. The van der Waals surface area contributed by atoms with Crippen LogP contribution in [0.4, 0.5) is 5.82 Å². The van der Waals surface area contributed by atoms with E-state index in [-0.39, 0.29) is 29.8 Å². The topological polar surface area (TPSA) is 116 Å². The van der Waals surface area contributed by atoms with Crippen LogP contribution < -0.4 is 5.73 Å². The number of aromatic amines is 1. The van der Waals surface area contributed by atoms with Gasteiger partial charge in [0.2, 0.25) is 5.91 Å². The van der Waals surface area contributed by atoms with Gasteiger partial charge in [0.1, 0.15) is 17.1 Å². The Morgan fingerprint density at radius 2 is 1.92 bits per heavy atom. The highest BCUT2D eigenvalue weighted by Gasteiger charge is 2.54. The summed E-state index contributed by atoms with van der Waals surface area (Å²) in [4.78, 5) is 30.2. The van der Waals surface area contributed by atoms with Gasteiger partial charge in [0.25, 0.3) is 5.91 Å². The van der Waals surface area contributed by atoms with Gasteiger partial charge in [0.05, 0.1) is 6.10 Å². The largest absolute Gasteiger partial charge is 0.393 e. The zero-order chi connectivity index (χ0) is 18.3. The van der Waals surface area contributed by atoms with Crippen LogP contribution in [0, 0.1) is 0 Å². The minimum absolute atomic E-state index is 0.0866. The van der Waals surface area contributed by atoms with E-state index in [1.54, 1.807) is 4.90 Å². The molecule has 0 aromatic carbocycles. The second-order valence-corrected chi connectivity index (χ2v) is 7.86. The number of nitrogens with zero attached hydrogens (tertiary/aromatic N) is 3. The second kappa shape index (κ2) is 6.57. The number of carbonyl (C=O) groups excluding carboxylic acids is 2. The Hall–Kier alpha value is -2.09. The molecular formula is C18H27N5O3. The number of anilines is 1. The van der Waals surface area contributed by atoms with Crippen molar-refractivity contribution in [2.75, 3.05) is 18.8 Å². The number of amides is 2. The number of carbonyl (C=O) groups is 2. The molecule has 1 aliphatic carbocycles. The van der Waals surface area contributed by atoms with Crippen molar-refractivity contribution in [1.82, 2.24) is 20.0 Å². The van der Waals surface area contributed by atoms with Gasteiger partial charge in [-0.25, -0.2) is 0 Å². The maximum Gasteiger partial charge on any atom is 0.272 e. The van der Waals surface area contributed by atoms with Crippen molar-refractivity contribution in [2.24, 2.45) is 0 Å². The first-order valence-electron chi connectivity index (χ1n) is 9.63. The van der Waals surface area contributed by atoms with Gasteiger partial charge in [-0.05, 0) is 51.4 Å². The van der Waals surface area contributed by atoms with Gasteiger partial charge in [0.15, 0.2) is 0 Å². The number of H-pyrrole nitrogens is 1. The van der Waals surface area contributed by atoms with Gasteiger partial charge in [-0.3, -0.25) is 14.7 Å². The Morgan fingerprint density at radius 3 is 2.58 bits per heavy atom. The molecule has 4 rings (SSSR count). The number of aromatic nitrogens is 2. The number of nitrogen functional groups attached to an aromatic ring is 1. The third-order valence-corrected chi connectivity index (χ3v) is 6.32. The molecule has 2 aliphatic heterocycles. The van der Waals surface area contributed by atoms with Crippen LogP contribution in [0.3, 0.4) is 0 Å². The third-order valence-electron chi connectivity index (χ3n) is 6.32. The fourth-order valence-electron chi connectivity index (χ4n) is 4.98. The number of rotatable bonds is 2. The molecule has 26 heavy (non-hydrogen) atoms. The lowest BCUT2D eigenvalue weighted by atomic mass is 9.82. The Bertz CT molecular complexity index is 697. The van der Waals surface area contributed by atoms with Gasteiger partial charge < -0.3 is 20.6 Å². The van der Waals surface area contributed by atoms with Gasteiger partial charge in [-0.15, -0.1) is 0 Å². The highest BCUT2D eigenvalue weighted by Crippen LogP contribution is 2.41. The summed E-state index contributed by atoms with van der Waals surface area (Å²) < 4.78 is 0. The zero-order valence-electron chi connectivity index (χ0n) is 15.0. The molecule has 3 aliphatic rings. The molecule has 1 spiro atoms. The van der Waals surface area contributed by atoms with E-state index in [1.807, 2.05) is 4.90 Å². The van der Waals surface area contributed by atoms with Crippen LogP contribution in [-0.4, -0.2) is 67.7 Å². The van der Waals surface area contributed by atoms with Crippen molar-refractivity contribution in [3.05, 3.63) is 11.8 Å². The first-order chi connectivity index (χ1) is 12.5. The molecule has 2 amide bonds. The van der Waals surface area contributed by atoms with E-state index in [0.717, 1.165) is 45.1 Å². The summed E-state index contributed by atoms with van der Waals surface area (Å²) in [5, 5.41) is 16.3. The van der Waals surface area contributed by atoms with Crippen molar-refractivity contribution in [2.45, 2.75) is 69.1 Å². The molecular weight excluding hydrogens is 334 g/mol. The minimum atomic E-state index is -0.731. The number of hydrogen-bond donors (Lipinski definition) is 3. The second-order valence-electron chi connectivity index (χ2n) is 7.86. The van der Waals surface area contributed by atoms with E-state index in [2.05, 4.69) is 10.2 Å². The van der Waals surface area contributed by atoms with Crippen molar-refractivity contribution in [3.63, 3.8) is 0 Å². The maximum atomic E-state index is 13.5. The molecule has 1 unspecified atom stereocenters. The van der Waals surface area contributed by atoms with Crippen LogP contribution in [0.1, 0.15) is 61.9 Å². The fraction of sp³-hybridized carbons (Fsp3) is 0.722. The zero-order valence-corrected chi connectivity index (χ0v) is 15.0. The van der Waals surface area contributed by atoms with Crippen LogP contribution in [0.5, 0.6) is 0 Å². The molecule has 8 heteroatoms. The molecule has 2 saturated heterocycles. The van der Waals surface area contributed by atoms with Crippen LogP contribution in [0.25, 0.3) is 0 Å². The maximum absolute atomic E-state index is 13.5. The van der Waals surface area contributed by atoms with E-state index in [9.17, 15) is 14.7 Å². The average molecular weight is 361 g/mol. The van der Waals surface area contributed by atoms with Crippen LogP contribution in [0.2, 0.25) is 0 Å². The van der Waals surface area contributed by atoms with E-state index in [4.69, 9.17) is 5.73 Å². The molecule has 3 heterocycles. The van der Waals surface area contributed by atoms with Gasteiger partial charge in [-0.1, -0.05) is 0 Å². The number of aliphatic hydroxyl groups is 1. The Kier molecular flexibility index (Phi) is 4.38. The van der Waals surface area contributed by atoms with Crippen molar-refractivity contribution < 1.29 is 14.7 Å². The van der Waals surface area contributed by atoms with Crippen molar-refractivity contribution in [1.29, 1.82) is 0 Å². The normalized spacial score (nSPS) is 32.4. The summed E-state index contributed by atoms with van der Waals surface area (Å²) in [6.07, 6.45) is 6.10. The lowest BCUT2D eigenvalue weighted by molar-refractivity contribution is -0.149. The van der Waals surface area contributed by atoms with Crippen molar-refractivity contribution >= 4 is 17.6 Å². The third kappa shape index (κ3) is 2.76. The van der Waals surface area contributed by atoms with E-state index >= 15 is 0 Å². The molecule has 3 fully saturated rings. The Balaban J connectivity index is 1.57. The highest BCUT2D eigenvalue weighted by atomic mass is 16.3. The number of nitrogens with two attached hydrogens (primary N) is 1. The first kappa shape index (κ1) is 17.3. The number of nitrogens with one attached hydrogen (secondary N) is 1. The molecule has 142 valence electrons. The number of aliphatic hydroxyl groups excluding tert-OH is 1. The summed E-state index contributed by atoms with van der Waals surface area (Å²) in [5.41, 5.74) is 5.25. The number of piperidine rings is 1. The van der Waals surface area contributed by atoms with Crippen LogP contribution in [-0.2, 0) is 4.79 Å². The summed E-state index contributed by atoms with van der Waals surface area (Å²) in [6, 6.07) is 1.71. The molecule has 1 aromatic heterocycles. The molecule has 4 N–H and O–H groups in total. The van der Waals surface area contributed by atoms with E-state index in [1.165, 1.54) is 6.07 Å². The Labute approximate surface area is 152 Å². The smallest absolute Gasteiger partial charge is 0.272 e. The summed E-state index contributed by atoms with van der Waals surface area (Å²) in [7, 11) is 0. The first-order valence-corrected chi connectivity index (χ1v) is 9.63. The minimum Gasteiger partial charge on any atom is -0.393 e. The van der Waals surface area contributed by atoms with Crippen molar-refractivity contribution in [3.8, 4) is 0 Å². The molecule has 0 bridgehead atoms. The SMILES string of the molecule is Nc1cc(C(=O)N2CCCC23CCCN(C2CCC(O)CC2)C3=O)[nH]n1. The quantitative estimate of drug-likeness (QED) is 0.724. The molecule has 1 saturated carbocycles. The predicted octanol–water partition coefficient (Wildman–Crippen LogP) is 0.893. The van der Waals surface area contributed by atoms with Gasteiger partial charge >= 0.3 is 0 Å². The molecule has 8 nitrogen and oxygen atoms in total. The molecule has 1 aromatic rings. The molecule has 0 radical (unpaired) electrons. The van der Waals surface area contributed by atoms with Crippen LogP contribution >= 0.6 is 0 Å². The van der Waals surface area contributed by atoms with E-state index < -0.39 is 5.54 Å².